The van der Waals surface area contributed by atoms with E-state index < -0.39 is 10.7 Å². The topological polar surface area (TPSA) is 81.2 Å². The molecule has 0 heterocycles. The van der Waals surface area contributed by atoms with Gasteiger partial charge in [0, 0.05) is 18.2 Å². The van der Waals surface area contributed by atoms with Gasteiger partial charge in [0.15, 0.2) is 0 Å². The minimum absolute atomic E-state index is 0.0352. The SMILES string of the molecule is NCC1CCCCC1Nc1cc(F)c(Cl)cc1[N+](=O)[O-]. The summed E-state index contributed by atoms with van der Waals surface area (Å²) in [5.41, 5.74) is 5.69. The maximum Gasteiger partial charge on any atom is 0.294 e. The van der Waals surface area contributed by atoms with Crippen LogP contribution in [0.2, 0.25) is 5.02 Å². The van der Waals surface area contributed by atoms with E-state index in [4.69, 9.17) is 17.3 Å². The van der Waals surface area contributed by atoms with Gasteiger partial charge in [-0.05, 0) is 25.3 Å². The fourth-order valence-electron chi connectivity index (χ4n) is 2.68. The number of rotatable bonds is 4. The molecule has 20 heavy (non-hydrogen) atoms. The van der Waals surface area contributed by atoms with Crippen molar-refractivity contribution in [3.8, 4) is 0 Å². The molecule has 2 rings (SSSR count). The second-order valence-corrected chi connectivity index (χ2v) is 5.48. The first-order chi connectivity index (χ1) is 9.52. The van der Waals surface area contributed by atoms with E-state index in [1.54, 1.807) is 0 Å². The van der Waals surface area contributed by atoms with Gasteiger partial charge in [0.2, 0.25) is 0 Å². The van der Waals surface area contributed by atoms with Crippen LogP contribution in [-0.2, 0) is 0 Å². The second-order valence-electron chi connectivity index (χ2n) is 5.07. The highest BCUT2D eigenvalue weighted by atomic mass is 35.5. The smallest absolute Gasteiger partial charge is 0.294 e. The van der Waals surface area contributed by atoms with Gasteiger partial charge in [-0.25, -0.2) is 4.39 Å². The molecule has 7 heteroatoms. The summed E-state index contributed by atoms with van der Waals surface area (Å²) in [6.45, 7) is 0.515. The van der Waals surface area contributed by atoms with Crippen molar-refractivity contribution in [2.45, 2.75) is 31.7 Å². The van der Waals surface area contributed by atoms with Crippen LogP contribution < -0.4 is 11.1 Å². The molecular weight excluding hydrogens is 285 g/mol. The minimum Gasteiger partial charge on any atom is -0.376 e. The van der Waals surface area contributed by atoms with Crippen LogP contribution in [0, 0.1) is 21.8 Å². The summed E-state index contributed by atoms with van der Waals surface area (Å²) >= 11 is 5.60. The minimum atomic E-state index is -0.667. The van der Waals surface area contributed by atoms with Crippen LogP contribution in [0.4, 0.5) is 15.8 Å². The number of halogens is 2. The first-order valence-electron chi connectivity index (χ1n) is 6.63. The Morgan fingerprint density at radius 1 is 1.45 bits per heavy atom. The lowest BCUT2D eigenvalue weighted by molar-refractivity contribution is -0.384. The van der Waals surface area contributed by atoms with E-state index in [-0.39, 0.29) is 28.4 Å². The summed E-state index contributed by atoms with van der Waals surface area (Å²) in [5, 5.41) is 13.9. The number of nitro benzene ring substituents is 1. The average molecular weight is 302 g/mol. The van der Waals surface area contributed by atoms with Crippen LogP contribution in [0.15, 0.2) is 12.1 Å². The fraction of sp³-hybridized carbons (Fsp3) is 0.538. The summed E-state index contributed by atoms with van der Waals surface area (Å²) in [4.78, 5) is 10.5. The lowest BCUT2D eigenvalue weighted by atomic mass is 9.84. The van der Waals surface area contributed by atoms with E-state index in [9.17, 15) is 14.5 Å². The Labute approximate surface area is 121 Å². The molecule has 0 aromatic heterocycles. The Kier molecular flexibility index (Phi) is 4.77. The first kappa shape index (κ1) is 15.0. The van der Waals surface area contributed by atoms with Gasteiger partial charge < -0.3 is 11.1 Å². The number of hydrogen-bond donors (Lipinski definition) is 2. The van der Waals surface area contributed by atoms with Crippen molar-refractivity contribution in [3.63, 3.8) is 0 Å². The van der Waals surface area contributed by atoms with Crippen LogP contribution >= 0.6 is 11.6 Å². The number of nitrogens with one attached hydrogen (secondary N) is 1. The van der Waals surface area contributed by atoms with E-state index in [0.29, 0.717) is 6.54 Å². The average Bonchev–Trinajstić information content (AvgIpc) is 2.43. The van der Waals surface area contributed by atoms with Crippen LogP contribution in [-0.4, -0.2) is 17.5 Å². The third kappa shape index (κ3) is 3.19. The van der Waals surface area contributed by atoms with Gasteiger partial charge in [0.05, 0.1) is 9.95 Å². The maximum atomic E-state index is 13.5. The Bertz CT molecular complexity index is 513. The van der Waals surface area contributed by atoms with Gasteiger partial charge in [-0.3, -0.25) is 10.1 Å². The summed E-state index contributed by atoms with van der Waals surface area (Å²) in [5.74, 6) is -0.415. The van der Waals surface area contributed by atoms with Crippen molar-refractivity contribution >= 4 is 23.0 Å². The molecule has 2 atom stereocenters. The molecule has 1 aliphatic carbocycles. The summed E-state index contributed by atoms with van der Waals surface area (Å²) in [6.07, 6.45) is 4.01. The highest BCUT2D eigenvalue weighted by molar-refractivity contribution is 6.31. The highest BCUT2D eigenvalue weighted by Gasteiger charge is 2.27. The van der Waals surface area contributed by atoms with Crippen LogP contribution in [0.1, 0.15) is 25.7 Å². The maximum absolute atomic E-state index is 13.5. The Morgan fingerprint density at radius 3 is 2.80 bits per heavy atom. The molecule has 0 aliphatic heterocycles. The fourth-order valence-corrected chi connectivity index (χ4v) is 2.84. The summed E-state index contributed by atoms with van der Waals surface area (Å²) in [6, 6.07) is 2.16. The molecule has 1 aromatic carbocycles. The zero-order valence-corrected chi connectivity index (χ0v) is 11.7. The molecular formula is C13H17ClFN3O2. The van der Waals surface area contributed by atoms with Gasteiger partial charge in [0.25, 0.3) is 5.69 Å². The molecule has 1 aliphatic rings. The predicted molar refractivity (Wildman–Crippen MR) is 76.5 cm³/mol. The number of hydrogen-bond acceptors (Lipinski definition) is 4. The van der Waals surface area contributed by atoms with Crippen molar-refractivity contribution in [2.24, 2.45) is 11.7 Å². The van der Waals surface area contributed by atoms with Gasteiger partial charge in [-0.1, -0.05) is 24.4 Å². The molecule has 1 saturated carbocycles. The third-order valence-electron chi connectivity index (χ3n) is 3.79. The molecule has 0 bridgehead atoms. The molecule has 0 amide bonds. The van der Waals surface area contributed by atoms with E-state index >= 15 is 0 Å². The van der Waals surface area contributed by atoms with Gasteiger partial charge >= 0.3 is 0 Å². The van der Waals surface area contributed by atoms with Crippen LogP contribution in [0.5, 0.6) is 0 Å². The molecule has 2 unspecified atom stereocenters. The molecule has 1 fully saturated rings. The molecule has 0 saturated heterocycles. The Hall–Kier alpha value is -1.40. The lowest BCUT2D eigenvalue weighted by Gasteiger charge is -2.32. The van der Waals surface area contributed by atoms with Gasteiger partial charge in [-0.2, -0.15) is 0 Å². The normalized spacial score (nSPS) is 22.6. The third-order valence-corrected chi connectivity index (χ3v) is 4.08. The summed E-state index contributed by atoms with van der Waals surface area (Å²) < 4.78 is 13.5. The second kappa shape index (κ2) is 6.37. The Morgan fingerprint density at radius 2 is 2.15 bits per heavy atom. The lowest BCUT2D eigenvalue weighted by Crippen LogP contribution is -2.36. The first-order valence-corrected chi connectivity index (χ1v) is 7.00. The molecule has 1 aromatic rings. The molecule has 0 radical (unpaired) electrons. The summed E-state index contributed by atoms with van der Waals surface area (Å²) in [7, 11) is 0. The molecule has 3 N–H and O–H groups in total. The van der Waals surface area contributed by atoms with Crippen LogP contribution in [0.25, 0.3) is 0 Å². The van der Waals surface area contributed by atoms with E-state index in [1.807, 2.05) is 0 Å². The monoisotopic (exact) mass is 301 g/mol. The van der Waals surface area contributed by atoms with Gasteiger partial charge in [-0.15, -0.1) is 0 Å². The quantitative estimate of drug-likeness (QED) is 0.660. The number of benzene rings is 1. The van der Waals surface area contributed by atoms with Crippen molar-refractivity contribution in [3.05, 3.63) is 33.1 Å². The van der Waals surface area contributed by atoms with E-state index in [0.717, 1.165) is 37.8 Å². The zero-order chi connectivity index (χ0) is 14.7. The molecule has 5 nitrogen and oxygen atoms in total. The number of nitrogens with two attached hydrogens (primary N) is 1. The number of nitro groups is 1. The van der Waals surface area contributed by atoms with Crippen molar-refractivity contribution < 1.29 is 9.31 Å². The van der Waals surface area contributed by atoms with Crippen molar-refractivity contribution in [2.75, 3.05) is 11.9 Å². The van der Waals surface area contributed by atoms with Crippen molar-refractivity contribution in [1.29, 1.82) is 0 Å². The highest BCUT2D eigenvalue weighted by Crippen LogP contribution is 2.33. The molecule has 110 valence electrons. The van der Waals surface area contributed by atoms with Gasteiger partial charge in [0.1, 0.15) is 11.5 Å². The largest absolute Gasteiger partial charge is 0.376 e. The van der Waals surface area contributed by atoms with Crippen molar-refractivity contribution in [1.82, 2.24) is 0 Å². The Balaban J connectivity index is 2.27. The van der Waals surface area contributed by atoms with E-state index in [2.05, 4.69) is 5.32 Å². The zero-order valence-electron chi connectivity index (χ0n) is 10.9. The number of nitrogens with zero attached hydrogens (tertiary/aromatic N) is 1. The van der Waals surface area contributed by atoms with Crippen LogP contribution in [0.3, 0.4) is 0 Å². The standard InChI is InChI=1S/C13H17ClFN3O2/c14-9-5-13(18(19)20)12(6-10(9)15)17-11-4-2-1-3-8(11)7-16/h5-6,8,11,17H,1-4,7,16H2. The predicted octanol–water partition coefficient (Wildman–Crippen LogP) is 3.32. The van der Waals surface area contributed by atoms with E-state index in [1.165, 1.54) is 0 Å². The molecule has 0 spiro atoms. The number of anilines is 1.